The Bertz CT molecular complexity index is 838. The first-order valence-electron chi connectivity index (χ1n) is 12.3. The standard InChI is InChI=1S/C25H38O10/c1-13-14(17(26)18(30-13)15-11-28-23(2,3)32-15)9-8-10-27-20-19(16-12-29-24(4,5)33-16)31-22-21(20)34-25(6,7)35-22/h8-9,14-22,26H,1,10-12H2,2-7H3/b9-8+/t14-,15+,16+,17+,18+,19+,20-,21+,22+/m0/s1. The van der Waals surface area contributed by atoms with Gasteiger partial charge in [0, 0.05) is 0 Å². The summed E-state index contributed by atoms with van der Waals surface area (Å²) in [5.41, 5.74) is 0. The molecule has 5 saturated heterocycles. The monoisotopic (exact) mass is 498 g/mol. The fourth-order valence-electron chi connectivity index (χ4n) is 5.35. The minimum absolute atomic E-state index is 0.270. The summed E-state index contributed by atoms with van der Waals surface area (Å²) in [6.45, 7) is 16.1. The van der Waals surface area contributed by atoms with Crippen LogP contribution in [0.4, 0.5) is 0 Å². The Morgan fingerprint density at radius 2 is 1.51 bits per heavy atom. The van der Waals surface area contributed by atoms with E-state index in [2.05, 4.69) is 6.58 Å². The molecule has 0 bridgehead atoms. The number of hydrogen-bond donors (Lipinski definition) is 1. The van der Waals surface area contributed by atoms with Crippen LogP contribution in [-0.4, -0.2) is 91.3 Å². The maximum atomic E-state index is 10.9. The Balaban J connectivity index is 1.20. The molecule has 0 unspecified atom stereocenters. The zero-order chi connectivity index (χ0) is 25.2. The number of rotatable bonds is 6. The van der Waals surface area contributed by atoms with Crippen LogP contribution < -0.4 is 0 Å². The molecule has 198 valence electrons. The number of aliphatic hydroxyl groups is 1. The lowest BCUT2D eigenvalue weighted by Crippen LogP contribution is -2.44. The van der Waals surface area contributed by atoms with Crippen LogP contribution in [0.1, 0.15) is 41.5 Å². The van der Waals surface area contributed by atoms with Crippen molar-refractivity contribution in [1.82, 2.24) is 0 Å². The minimum atomic E-state index is -0.799. The Labute approximate surface area is 206 Å². The van der Waals surface area contributed by atoms with Gasteiger partial charge in [-0.15, -0.1) is 0 Å². The van der Waals surface area contributed by atoms with Gasteiger partial charge < -0.3 is 47.7 Å². The molecule has 0 aromatic rings. The van der Waals surface area contributed by atoms with E-state index in [-0.39, 0.29) is 24.7 Å². The Morgan fingerprint density at radius 3 is 2.11 bits per heavy atom. The van der Waals surface area contributed by atoms with Gasteiger partial charge >= 0.3 is 0 Å². The van der Waals surface area contributed by atoms with Crippen LogP contribution in [0.15, 0.2) is 24.5 Å². The van der Waals surface area contributed by atoms with Gasteiger partial charge in [0.15, 0.2) is 29.8 Å². The lowest BCUT2D eigenvalue weighted by molar-refractivity contribution is -0.235. The Hall–Kier alpha value is -1.08. The Kier molecular flexibility index (Phi) is 6.60. The van der Waals surface area contributed by atoms with Gasteiger partial charge in [0.05, 0.1) is 31.5 Å². The molecular weight excluding hydrogens is 460 g/mol. The molecule has 1 N–H and O–H groups in total. The number of ether oxygens (including phenoxy) is 9. The highest BCUT2D eigenvalue weighted by atomic mass is 16.8. The fraction of sp³-hybridized carbons (Fsp3) is 0.840. The third-order valence-corrected chi connectivity index (χ3v) is 6.91. The van der Waals surface area contributed by atoms with Crippen molar-refractivity contribution in [2.45, 2.75) is 108 Å². The van der Waals surface area contributed by atoms with Crippen molar-refractivity contribution in [2.75, 3.05) is 19.8 Å². The van der Waals surface area contributed by atoms with Gasteiger partial charge in [-0.1, -0.05) is 18.7 Å². The van der Waals surface area contributed by atoms with Gasteiger partial charge in [-0.2, -0.15) is 0 Å². The van der Waals surface area contributed by atoms with Crippen molar-refractivity contribution >= 4 is 0 Å². The van der Waals surface area contributed by atoms with Crippen LogP contribution in [0.25, 0.3) is 0 Å². The summed E-state index contributed by atoms with van der Waals surface area (Å²) in [5.74, 6) is -2.03. The first-order valence-corrected chi connectivity index (χ1v) is 12.3. The van der Waals surface area contributed by atoms with E-state index in [0.717, 1.165) is 0 Å². The van der Waals surface area contributed by atoms with Crippen molar-refractivity contribution in [1.29, 1.82) is 0 Å². The molecule has 35 heavy (non-hydrogen) atoms. The molecule has 9 atom stereocenters. The second-order valence-corrected chi connectivity index (χ2v) is 11.1. The second kappa shape index (κ2) is 9.04. The quantitative estimate of drug-likeness (QED) is 0.547. The molecule has 5 aliphatic heterocycles. The zero-order valence-corrected chi connectivity index (χ0v) is 21.3. The smallest absolute Gasteiger partial charge is 0.190 e. The molecule has 0 aliphatic carbocycles. The molecule has 0 radical (unpaired) electrons. The van der Waals surface area contributed by atoms with E-state index >= 15 is 0 Å². The van der Waals surface area contributed by atoms with Crippen molar-refractivity contribution < 1.29 is 47.7 Å². The number of fused-ring (bicyclic) bond motifs is 1. The molecule has 0 aromatic carbocycles. The topological polar surface area (TPSA) is 103 Å². The SMILES string of the molecule is C=C1O[C@H]([C@H]2COC(C)(C)O2)[C@H](O)[C@H]1/C=C/CO[C@@H]1[C@H]2OC(C)(C)O[C@H]2O[C@@H]1[C@H]1COC(C)(C)O1. The predicted octanol–water partition coefficient (Wildman–Crippen LogP) is 2.00. The summed E-state index contributed by atoms with van der Waals surface area (Å²) in [7, 11) is 0. The lowest BCUT2D eigenvalue weighted by atomic mass is 9.97. The fourth-order valence-corrected chi connectivity index (χ4v) is 5.35. The largest absolute Gasteiger partial charge is 0.489 e. The second-order valence-electron chi connectivity index (χ2n) is 11.1. The molecule has 5 heterocycles. The van der Waals surface area contributed by atoms with Crippen molar-refractivity contribution in [3.8, 4) is 0 Å². The van der Waals surface area contributed by atoms with Crippen LogP contribution >= 0.6 is 0 Å². The number of hydrogen-bond acceptors (Lipinski definition) is 10. The van der Waals surface area contributed by atoms with Gasteiger partial charge in [-0.3, -0.25) is 0 Å². The molecular formula is C25H38O10. The van der Waals surface area contributed by atoms with E-state index in [9.17, 15) is 5.11 Å². The maximum absolute atomic E-state index is 10.9. The number of aliphatic hydroxyl groups excluding tert-OH is 1. The predicted molar refractivity (Wildman–Crippen MR) is 121 cm³/mol. The average Bonchev–Trinajstić information content (AvgIpc) is 3.50. The van der Waals surface area contributed by atoms with Gasteiger partial charge in [0.2, 0.25) is 0 Å². The summed E-state index contributed by atoms with van der Waals surface area (Å²) in [5, 5.41) is 10.9. The molecule has 10 heteroatoms. The molecule has 5 fully saturated rings. The summed E-state index contributed by atoms with van der Waals surface area (Å²) in [4.78, 5) is 0. The zero-order valence-electron chi connectivity index (χ0n) is 21.3. The molecule has 0 amide bonds. The van der Waals surface area contributed by atoms with Crippen LogP contribution in [0.2, 0.25) is 0 Å². The van der Waals surface area contributed by atoms with Crippen LogP contribution in [0.5, 0.6) is 0 Å². The van der Waals surface area contributed by atoms with E-state index in [1.165, 1.54) is 0 Å². The molecule has 5 aliphatic rings. The normalized spacial score (nSPS) is 45.9. The first-order chi connectivity index (χ1) is 16.3. The van der Waals surface area contributed by atoms with Crippen molar-refractivity contribution in [3.05, 3.63) is 24.5 Å². The van der Waals surface area contributed by atoms with Gasteiger partial charge in [0.25, 0.3) is 0 Å². The summed E-state index contributed by atoms with van der Waals surface area (Å²) in [6.07, 6.45) is -0.0529. The molecule has 0 spiro atoms. The molecule has 5 rings (SSSR count). The van der Waals surface area contributed by atoms with Crippen molar-refractivity contribution in [2.24, 2.45) is 5.92 Å². The highest BCUT2D eigenvalue weighted by molar-refractivity contribution is 5.15. The summed E-state index contributed by atoms with van der Waals surface area (Å²) < 4.78 is 53.5. The minimum Gasteiger partial charge on any atom is -0.489 e. The third kappa shape index (κ3) is 5.18. The van der Waals surface area contributed by atoms with Gasteiger partial charge in [0.1, 0.15) is 36.6 Å². The molecule has 10 nitrogen and oxygen atoms in total. The van der Waals surface area contributed by atoms with Gasteiger partial charge in [-0.05, 0) is 41.5 Å². The van der Waals surface area contributed by atoms with E-state index in [4.69, 9.17) is 42.6 Å². The van der Waals surface area contributed by atoms with Crippen LogP contribution in [0.3, 0.4) is 0 Å². The third-order valence-electron chi connectivity index (χ3n) is 6.91. The molecule has 0 aromatic heterocycles. The van der Waals surface area contributed by atoms with Crippen molar-refractivity contribution in [3.63, 3.8) is 0 Å². The van der Waals surface area contributed by atoms with E-state index in [1.54, 1.807) is 0 Å². The average molecular weight is 499 g/mol. The highest BCUT2D eigenvalue weighted by Crippen LogP contribution is 2.42. The maximum Gasteiger partial charge on any atom is 0.190 e. The highest BCUT2D eigenvalue weighted by Gasteiger charge is 2.59. The summed E-state index contributed by atoms with van der Waals surface area (Å²) >= 11 is 0. The first kappa shape index (κ1) is 25.6. The Morgan fingerprint density at radius 1 is 0.886 bits per heavy atom. The molecule has 0 saturated carbocycles. The van der Waals surface area contributed by atoms with E-state index in [0.29, 0.717) is 19.0 Å². The van der Waals surface area contributed by atoms with Gasteiger partial charge in [-0.25, -0.2) is 0 Å². The van der Waals surface area contributed by atoms with Crippen LogP contribution in [-0.2, 0) is 42.6 Å². The summed E-state index contributed by atoms with van der Waals surface area (Å²) in [6, 6.07) is 0. The van der Waals surface area contributed by atoms with E-state index in [1.807, 2.05) is 53.7 Å². The lowest BCUT2D eigenvalue weighted by Gasteiger charge is -2.28. The van der Waals surface area contributed by atoms with Crippen LogP contribution in [0, 0.1) is 5.92 Å². The van der Waals surface area contributed by atoms with E-state index < -0.39 is 54.2 Å².